The van der Waals surface area contributed by atoms with E-state index in [1.165, 1.54) is 5.56 Å². The quantitative estimate of drug-likeness (QED) is 0.470. The second-order valence-electron chi connectivity index (χ2n) is 9.71. The lowest BCUT2D eigenvalue weighted by Gasteiger charge is -2.36. The van der Waals surface area contributed by atoms with E-state index in [0.717, 1.165) is 60.2 Å². The van der Waals surface area contributed by atoms with Crippen molar-refractivity contribution >= 4 is 10.9 Å². The first-order chi connectivity index (χ1) is 16.5. The minimum atomic E-state index is -0.285. The van der Waals surface area contributed by atoms with Gasteiger partial charge in [0.25, 0.3) is 5.56 Å². The number of H-pyrrole nitrogens is 1. The number of rotatable bonds is 6. The van der Waals surface area contributed by atoms with Crippen LogP contribution in [0.1, 0.15) is 53.9 Å². The molecule has 1 fully saturated rings. The highest BCUT2D eigenvalue weighted by molar-refractivity contribution is 5.83. The van der Waals surface area contributed by atoms with E-state index in [-0.39, 0.29) is 11.6 Å². The second-order valence-corrected chi connectivity index (χ2v) is 9.71. The maximum absolute atomic E-state index is 13.4. The number of likely N-dealkylation sites (tertiary alicyclic amines) is 1. The molecular weight excluding hydrogens is 424 g/mol. The number of piperidine rings is 1. The number of aryl methyl sites for hydroxylation is 4. The molecule has 0 radical (unpaired) electrons. The lowest BCUT2D eigenvalue weighted by molar-refractivity contribution is 0.149. The molecule has 1 aliphatic rings. The first-order valence-corrected chi connectivity index (χ1v) is 12.2. The maximum atomic E-state index is 13.4. The molecule has 0 amide bonds. The fourth-order valence-electron chi connectivity index (χ4n) is 5.12. The van der Waals surface area contributed by atoms with Crippen LogP contribution in [0.2, 0.25) is 0 Å². The number of hydrogen-bond acceptors (Lipinski definition) is 5. The normalized spacial score (nSPS) is 16.2. The zero-order valence-corrected chi connectivity index (χ0v) is 20.2. The Balaban J connectivity index is 1.57. The van der Waals surface area contributed by atoms with Gasteiger partial charge >= 0.3 is 0 Å². The number of aromatic nitrogens is 5. The van der Waals surface area contributed by atoms with E-state index < -0.39 is 0 Å². The molecule has 0 unspecified atom stereocenters. The summed E-state index contributed by atoms with van der Waals surface area (Å²) in [6.45, 7) is 8.95. The smallest absolute Gasteiger partial charge is 0.253 e. The number of hydrogen-bond donors (Lipinski definition) is 1. The number of fused-ring (bicyclic) bond motifs is 1. The summed E-state index contributed by atoms with van der Waals surface area (Å²) in [6, 6.07) is 16.3. The van der Waals surface area contributed by atoms with E-state index in [1.807, 2.05) is 28.9 Å². The van der Waals surface area contributed by atoms with E-state index in [4.69, 9.17) is 0 Å². The Labute approximate surface area is 199 Å². The number of nitrogens with zero attached hydrogens (tertiary/aromatic N) is 5. The first kappa shape index (κ1) is 22.5. The Hall–Kier alpha value is -3.32. The van der Waals surface area contributed by atoms with Crippen molar-refractivity contribution in [1.29, 1.82) is 0 Å². The van der Waals surface area contributed by atoms with Crippen LogP contribution in [-0.2, 0) is 13.0 Å². The molecule has 1 saturated heterocycles. The highest BCUT2D eigenvalue weighted by Crippen LogP contribution is 2.31. The molecule has 5 rings (SSSR count). The molecule has 7 nitrogen and oxygen atoms in total. The largest absolute Gasteiger partial charge is 0.322 e. The summed E-state index contributed by atoms with van der Waals surface area (Å²) >= 11 is 0. The lowest BCUT2D eigenvalue weighted by atomic mass is 9.94. The van der Waals surface area contributed by atoms with Crippen molar-refractivity contribution in [3.05, 3.63) is 87.0 Å². The van der Waals surface area contributed by atoms with Gasteiger partial charge in [-0.25, -0.2) is 4.68 Å². The molecule has 1 N–H and O–H groups in total. The Morgan fingerprint density at radius 2 is 1.85 bits per heavy atom. The highest BCUT2D eigenvalue weighted by atomic mass is 16.1. The van der Waals surface area contributed by atoms with Gasteiger partial charge in [-0.2, -0.15) is 0 Å². The fourth-order valence-corrected chi connectivity index (χ4v) is 5.12. The molecule has 2 aromatic carbocycles. The molecular formula is C27H32N6O. The average Bonchev–Trinajstić information content (AvgIpc) is 3.28. The Morgan fingerprint density at radius 1 is 1.09 bits per heavy atom. The summed E-state index contributed by atoms with van der Waals surface area (Å²) in [5.41, 5.74) is 5.05. The Kier molecular flexibility index (Phi) is 6.28. The van der Waals surface area contributed by atoms with Crippen molar-refractivity contribution in [2.45, 2.75) is 52.6 Å². The molecule has 3 heterocycles. The molecule has 0 saturated carbocycles. The zero-order valence-electron chi connectivity index (χ0n) is 20.2. The standard InChI is InChI=1S/C27H32N6O/c1-18-9-12-32(13-10-18)25(23-17-22-20(3)15-19(2)16-24(22)28-27(23)34)26-29-30-31-33(26)14-11-21-7-5-4-6-8-21/h4-8,15-18,25H,9-14H2,1-3H3,(H,28,34)/t25-/m1/s1. The summed E-state index contributed by atoms with van der Waals surface area (Å²) in [5, 5.41) is 13.9. The minimum Gasteiger partial charge on any atom is -0.322 e. The van der Waals surface area contributed by atoms with Gasteiger partial charge in [-0.1, -0.05) is 43.3 Å². The molecule has 176 valence electrons. The molecule has 4 aromatic rings. The van der Waals surface area contributed by atoms with E-state index in [0.29, 0.717) is 18.0 Å². The van der Waals surface area contributed by atoms with Crippen molar-refractivity contribution in [2.24, 2.45) is 5.92 Å². The molecule has 0 spiro atoms. The topological polar surface area (TPSA) is 79.7 Å². The van der Waals surface area contributed by atoms with Gasteiger partial charge in [0.1, 0.15) is 6.04 Å². The summed E-state index contributed by atoms with van der Waals surface area (Å²) in [5.74, 6) is 1.42. The van der Waals surface area contributed by atoms with Crippen LogP contribution in [-0.4, -0.2) is 43.2 Å². The van der Waals surface area contributed by atoms with Crippen molar-refractivity contribution in [3.8, 4) is 0 Å². The van der Waals surface area contributed by atoms with Crippen LogP contribution >= 0.6 is 0 Å². The third kappa shape index (κ3) is 4.53. The predicted molar refractivity (Wildman–Crippen MR) is 134 cm³/mol. The van der Waals surface area contributed by atoms with Crippen molar-refractivity contribution < 1.29 is 0 Å². The summed E-state index contributed by atoms with van der Waals surface area (Å²) in [6.07, 6.45) is 3.03. The Bertz CT molecular complexity index is 1330. The molecule has 1 aliphatic heterocycles. The van der Waals surface area contributed by atoms with Gasteiger partial charge in [-0.05, 0) is 91.4 Å². The second kappa shape index (κ2) is 9.50. The summed E-state index contributed by atoms with van der Waals surface area (Å²) in [4.78, 5) is 19.0. The van der Waals surface area contributed by atoms with Crippen LogP contribution in [0, 0.1) is 19.8 Å². The van der Waals surface area contributed by atoms with Crippen LogP contribution in [0.15, 0.2) is 53.3 Å². The number of pyridine rings is 1. The zero-order chi connectivity index (χ0) is 23.7. The van der Waals surface area contributed by atoms with E-state index in [9.17, 15) is 4.79 Å². The van der Waals surface area contributed by atoms with Gasteiger partial charge in [0.05, 0.1) is 0 Å². The molecule has 1 atom stereocenters. The van der Waals surface area contributed by atoms with Crippen molar-refractivity contribution in [3.63, 3.8) is 0 Å². The molecule has 34 heavy (non-hydrogen) atoms. The lowest BCUT2D eigenvalue weighted by Crippen LogP contribution is -2.40. The number of benzene rings is 2. The number of nitrogens with one attached hydrogen (secondary N) is 1. The van der Waals surface area contributed by atoms with Crippen LogP contribution in [0.3, 0.4) is 0 Å². The summed E-state index contributed by atoms with van der Waals surface area (Å²) in [7, 11) is 0. The monoisotopic (exact) mass is 456 g/mol. The molecule has 7 heteroatoms. The van der Waals surface area contributed by atoms with Gasteiger partial charge in [0.2, 0.25) is 0 Å². The molecule has 2 aromatic heterocycles. The van der Waals surface area contributed by atoms with Crippen molar-refractivity contribution in [2.75, 3.05) is 13.1 Å². The molecule has 0 bridgehead atoms. The maximum Gasteiger partial charge on any atom is 0.253 e. The van der Waals surface area contributed by atoms with E-state index >= 15 is 0 Å². The van der Waals surface area contributed by atoms with Gasteiger partial charge < -0.3 is 4.98 Å². The first-order valence-electron chi connectivity index (χ1n) is 12.2. The Morgan fingerprint density at radius 3 is 2.62 bits per heavy atom. The van der Waals surface area contributed by atoms with Gasteiger partial charge in [0.15, 0.2) is 5.82 Å². The van der Waals surface area contributed by atoms with Gasteiger partial charge in [-0.3, -0.25) is 9.69 Å². The van der Waals surface area contributed by atoms with E-state index in [2.05, 4.69) is 70.4 Å². The van der Waals surface area contributed by atoms with Gasteiger partial charge in [0, 0.05) is 23.0 Å². The fraction of sp³-hybridized carbons (Fsp3) is 0.407. The highest BCUT2D eigenvalue weighted by Gasteiger charge is 2.32. The average molecular weight is 457 g/mol. The minimum absolute atomic E-state index is 0.0706. The third-order valence-electron chi connectivity index (χ3n) is 7.08. The number of tetrazole rings is 1. The predicted octanol–water partition coefficient (Wildman–Crippen LogP) is 4.20. The van der Waals surface area contributed by atoms with Crippen molar-refractivity contribution in [1.82, 2.24) is 30.1 Å². The third-order valence-corrected chi connectivity index (χ3v) is 7.08. The molecule has 0 aliphatic carbocycles. The summed E-state index contributed by atoms with van der Waals surface area (Å²) < 4.78 is 1.88. The van der Waals surface area contributed by atoms with Crippen LogP contribution in [0.5, 0.6) is 0 Å². The SMILES string of the molecule is Cc1cc(C)c2cc([C@H](c3nnnn3CCc3ccccc3)N3CCC(C)CC3)c(=O)[nH]c2c1. The van der Waals surface area contributed by atoms with Crippen LogP contribution in [0.25, 0.3) is 10.9 Å². The van der Waals surface area contributed by atoms with Crippen LogP contribution in [0.4, 0.5) is 0 Å². The number of aromatic amines is 1. The van der Waals surface area contributed by atoms with Gasteiger partial charge in [-0.15, -0.1) is 5.10 Å². The van der Waals surface area contributed by atoms with Crippen LogP contribution < -0.4 is 5.56 Å². The van der Waals surface area contributed by atoms with E-state index in [1.54, 1.807) is 0 Å².